The van der Waals surface area contributed by atoms with Crippen LogP contribution in [0.3, 0.4) is 0 Å². The zero-order valence-corrected chi connectivity index (χ0v) is 18.1. The maximum absolute atomic E-state index is 3.20. The number of unbranched alkanes of at least 4 members (excludes halogenated alkanes) is 2. The van der Waals surface area contributed by atoms with Crippen molar-refractivity contribution in [1.82, 2.24) is 4.57 Å². The van der Waals surface area contributed by atoms with Crippen LogP contribution in [0.4, 0.5) is 0 Å². The van der Waals surface area contributed by atoms with E-state index in [0.717, 1.165) is 13.0 Å². The van der Waals surface area contributed by atoms with Crippen LogP contribution in [-0.2, 0) is 13.0 Å². The largest absolute Gasteiger partial charge is 0.336 e. The Bertz CT molecular complexity index is 1310. The van der Waals surface area contributed by atoms with Crippen molar-refractivity contribution in [2.45, 2.75) is 39.2 Å². The lowest BCUT2D eigenvalue weighted by Crippen LogP contribution is -2.03. The highest BCUT2D eigenvalue weighted by Crippen LogP contribution is 2.37. The number of benzene rings is 4. The molecule has 0 saturated carbocycles. The fourth-order valence-corrected chi connectivity index (χ4v) is 4.71. The highest BCUT2D eigenvalue weighted by molar-refractivity contribution is 5.94. The maximum Gasteiger partial charge on any atom is 0.0527 e. The van der Waals surface area contributed by atoms with Gasteiger partial charge in [0.25, 0.3) is 0 Å². The smallest absolute Gasteiger partial charge is 0.0527 e. The zero-order valence-electron chi connectivity index (χ0n) is 18.1. The summed E-state index contributed by atoms with van der Waals surface area (Å²) in [6.45, 7) is 3.16. The number of para-hydroxylation sites is 1. The Hall–Kier alpha value is -3.32. The van der Waals surface area contributed by atoms with Crippen LogP contribution in [0, 0.1) is 6.07 Å². The molecule has 1 nitrogen and oxygen atoms in total. The topological polar surface area (TPSA) is 4.93 Å². The van der Waals surface area contributed by atoms with Gasteiger partial charge in [-0.3, -0.25) is 0 Å². The number of fused-ring (bicyclic) bond motifs is 2. The van der Waals surface area contributed by atoms with Gasteiger partial charge < -0.3 is 4.57 Å². The van der Waals surface area contributed by atoms with Gasteiger partial charge in [0.1, 0.15) is 0 Å². The molecule has 0 aliphatic rings. The first-order valence-corrected chi connectivity index (χ1v) is 11.4. The molecule has 0 saturated heterocycles. The molecule has 0 spiro atoms. The van der Waals surface area contributed by atoms with Crippen molar-refractivity contribution in [2.24, 2.45) is 0 Å². The van der Waals surface area contributed by atoms with E-state index in [2.05, 4.69) is 102 Å². The average Bonchev–Trinajstić information content (AvgIpc) is 3.13. The van der Waals surface area contributed by atoms with E-state index in [1.54, 1.807) is 0 Å². The summed E-state index contributed by atoms with van der Waals surface area (Å²) in [5.74, 6) is 0. The molecule has 153 valence electrons. The third-order valence-corrected chi connectivity index (χ3v) is 6.25. The Balaban J connectivity index is 1.74. The number of nitrogens with zero attached hydrogens (tertiary/aromatic N) is 1. The van der Waals surface area contributed by atoms with Crippen LogP contribution in [0.1, 0.15) is 37.3 Å². The molecule has 0 aliphatic heterocycles. The molecule has 0 amide bonds. The molecule has 31 heavy (non-hydrogen) atoms. The molecule has 0 N–H and O–H groups in total. The standard InChI is InChI=1S/C30H28N/c1-2-3-5-17-28-27-16-10-11-18-29(27)31(22-23-12-6-4-7-13-23)30(28)26-20-19-24-14-8-9-15-25(24)21-26/h4,6-7,9-16,18-21H,2-3,5,17,22H2,1H3. The number of aryl methyl sites for hydroxylation is 1. The van der Waals surface area contributed by atoms with Crippen LogP contribution in [0.5, 0.6) is 0 Å². The number of hydrogen-bond acceptors (Lipinski definition) is 0. The summed E-state index contributed by atoms with van der Waals surface area (Å²) in [6, 6.07) is 36.1. The minimum atomic E-state index is 0.880. The van der Waals surface area contributed by atoms with Crippen LogP contribution < -0.4 is 0 Å². The second-order valence-electron chi connectivity index (χ2n) is 8.36. The Morgan fingerprint density at radius 1 is 0.806 bits per heavy atom. The lowest BCUT2D eigenvalue weighted by molar-refractivity contribution is 0.717. The van der Waals surface area contributed by atoms with Crippen molar-refractivity contribution in [3.63, 3.8) is 0 Å². The van der Waals surface area contributed by atoms with E-state index >= 15 is 0 Å². The van der Waals surface area contributed by atoms with Crippen LogP contribution in [-0.4, -0.2) is 4.57 Å². The first kappa shape index (κ1) is 19.6. The van der Waals surface area contributed by atoms with Gasteiger partial charge in [-0.2, -0.15) is 0 Å². The molecule has 4 aromatic carbocycles. The second-order valence-corrected chi connectivity index (χ2v) is 8.36. The third kappa shape index (κ3) is 3.88. The predicted octanol–water partition coefficient (Wildman–Crippen LogP) is 8.04. The molecule has 5 aromatic rings. The van der Waals surface area contributed by atoms with Crippen molar-refractivity contribution >= 4 is 21.7 Å². The van der Waals surface area contributed by atoms with Crippen LogP contribution in [0.2, 0.25) is 0 Å². The van der Waals surface area contributed by atoms with E-state index in [0.29, 0.717) is 0 Å². The van der Waals surface area contributed by atoms with Crippen molar-refractivity contribution in [3.05, 3.63) is 108 Å². The summed E-state index contributed by atoms with van der Waals surface area (Å²) < 4.78 is 2.53. The Morgan fingerprint density at radius 2 is 1.65 bits per heavy atom. The van der Waals surface area contributed by atoms with Gasteiger partial charge >= 0.3 is 0 Å². The van der Waals surface area contributed by atoms with Gasteiger partial charge in [-0.15, -0.1) is 0 Å². The minimum Gasteiger partial charge on any atom is -0.336 e. The quantitative estimate of drug-likeness (QED) is 0.243. The highest BCUT2D eigenvalue weighted by Gasteiger charge is 2.18. The first-order chi connectivity index (χ1) is 15.3. The molecule has 1 heteroatoms. The molecule has 0 aliphatic carbocycles. The van der Waals surface area contributed by atoms with Crippen LogP contribution >= 0.6 is 0 Å². The molecule has 0 fully saturated rings. The minimum absolute atomic E-state index is 0.880. The zero-order chi connectivity index (χ0) is 21.0. The number of aromatic nitrogens is 1. The lowest BCUT2D eigenvalue weighted by atomic mass is 9.98. The van der Waals surface area contributed by atoms with Gasteiger partial charge in [-0.05, 0) is 64.6 Å². The number of rotatable bonds is 7. The van der Waals surface area contributed by atoms with Crippen LogP contribution in [0.15, 0.2) is 91.0 Å². The molecule has 5 rings (SSSR count). The molecular weight excluding hydrogens is 374 g/mol. The third-order valence-electron chi connectivity index (χ3n) is 6.25. The van der Waals surface area contributed by atoms with Crippen molar-refractivity contribution in [2.75, 3.05) is 0 Å². The molecule has 1 aromatic heterocycles. The summed E-state index contributed by atoms with van der Waals surface area (Å²) in [7, 11) is 0. The van der Waals surface area contributed by atoms with Gasteiger partial charge in [0.05, 0.1) is 5.69 Å². The fraction of sp³-hybridized carbons (Fsp3) is 0.200. The SMILES string of the molecule is CCCCCc1c(-c2ccc3c[c]ccc3c2)n(Cc2ccccc2)c2ccccc12. The fourth-order valence-electron chi connectivity index (χ4n) is 4.71. The molecule has 0 atom stereocenters. The van der Waals surface area contributed by atoms with E-state index in [1.807, 2.05) is 6.07 Å². The molecular formula is C30H28N. The number of hydrogen-bond donors (Lipinski definition) is 0. The van der Waals surface area contributed by atoms with E-state index in [-0.39, 0.29) is 0 Å². The Labute approximate surface area is 185 Å². The van der Waals surface area contributed by atoms with Gasteiger partial charge in [0.2, 0.25) is 0 Å². The highest BCUT2D eigenvalue weighted by atomic mass is 15.0. The monoisotopic (exact) mass is 402 g/mol. The first-order valence-electron chi connectivity index (χ1n) is 11.4. The predicted molar refractivity (Wildman–Crippen MR) is 132 cm³/mol. The van der Waals surface area contributed by atoms with E-state index < -0.39 is 0 Å². The summed E-state index contributed by atoms with van der Waals surface area (Å²) in [6.07, 6.45) is 4.85. The van der Waals surface area contributed by atoms with Gasteiger partial charge in [0.15, 0.2) is 0 Å². The summed E-state index contributed by atoms with van der Waals surface area (Å²) in [5, 5.41) is 3.91. The van der Waals surface area contributed by atoms with Crippen molar-refractivity contribution in [1.29, 1.82) is 0 Å². The van der Waals surface area contributed by atoms with E-state index in [4.69, 9.17) is 0 Å². The van der Waals surface area contributed by atoms with Gasteiger partial charge in [-0.1, -0.05) is 92.6 Å². The molecule has 1 heterocycles. The van der Waals surface area contributed by atoms with Crippen molar-refractivity contribution < 1.29 is 0 Å². The Kier molecular flexibility index (Phi) is 5.58. The lowest BCUT2D eigenvalue weighted by Gasteiger charge is -2.14. The summed E-state index contributed by atoms with van der Waals surface area (Å²) >= 11 is 0. The summed E-state index contributed by atoms with van der Waals surface area (Å²) in [5.41, 5.74) is 6.82. The normalized spacial score (nSPS) is 11.4. The maximum atomic E-state index is 3.20. The average molecular weight is 403 g/mol. The van der Waals surface area contributed by atoms with Gasteiger partial charge in [0, 0.05) is 17.4 Å². The van der Waals surface area contributed by atoms with E-state index in [9.17, 15) is 0 Å². The van der Waals surface area contributed by atoms with Gasteiger partial charge in [-0.25, -0.2) is 0 Å². The Morgan fingerprint density at radius 3 is 2.52 bits per heavy atom. The van der Waals surface area contributed by atoms with E-state index in [1.165, 1.54) is 63.3 Å². The second kappa shape index (κ2) is 8.81. The molecule has 0 bridgehead atoms. The molecule has 1 radical (unpaired) electrons. The molecule has 0 unspecified atom stereocenters. The van der Waals surface area contributed by atoms with Crippen LogP contribution in [0.25, 0.3) is 32.9 Å². The summed E-state index contributed by atoms with van der Waals surface area (Å²) in [4.78, 5) is 0. The van der Waals surface area contributed by atoms with Crippen molar-refractivity contribution in [3.8, 4) is 11.3 Å².